The minimum Gasteiger partial charge on any atom is -0.465 e. The van der Waals surface area contributed by atoms with E-state index < -0.39 is 27.9 Å². The van der Waals surface area contributed by atoms with Gasteiger partial charge in [-0.3, -0.25) is 4.79 Å². The van der Waals surface area contributed by atoms with Crippen LogP contribution in [0.2, 0.25) is 0 Å². The van der Waals surface area contributed by atoms with Crippen molar-refractivity contribution in [3.05, 3.63) is 35.7 Å². The number of nitrogens with zero attached hydrogens (tertiary/aromatic N) is 3. The third-order valence-corrected chi connectivity index (χ3v) is 6.74. The van der Waals surface area contributed by atoms with Crippen LogP contribution in [0.5, 0.6) is 0 Å². The van der Waals surface area contributed by atoms with Crippen LogP contribution >= 0.6 is 0 Å². The van der Waals surface area contributed by atoms with Crippen molar-refractivity contribution in [2.45, 2.75) is 31.4 Å². The van der Waals surface area contributed by atoms with E-state index in [1.807, 2.05) is 0 Å². The van der Waals surface area contributed by atoms with E-state index in [0.717, 1.165) is 0 Å². The van der Waals surface area contributed by atoms with Crippen LogP contribution in [0.1, 0.15) is 34.8 Å². The van der Waals surface area contributed by atoms with Crippen molar-refractivity contribution >= 4 is 22.0 Å². The summed E-state index contributed by atoms with van der Waals surface area (Å²) in [7, 11) is -0.716. The fourth-order valence-electron chi connectivity index (χ4n) is 3.11. The van der Waals surface area contributed by atoms with E-state index in [1.165, 1.54) is 29.9 Å². The lowest BCUT2D eigenvalue weighted by molar-refractivity contribution is -0.151. The monoisotopic (exact) mass is 425 g/mol. The number of methoxy groups -OCH3 is 1. The Bertz CT molecular complexity index is 981. The molecule has 2 aromatic rings. The fraction of sp³-hybridized carbons (Fsp3) is 0.500. The average Bonchev–Trinajstić information content (AvgIpc) is 3.32. The second-order valence-electron chi connectivity index (χ2n) is 6.77. The molecule has 2 aromatic heterocycles. The summed E-state index contributed by atoms with van der Waals surface area (Å²) in [5.74, 6) is -0.651. The maximum absolute atomic E-state index is 12.7. The molecule has 3 heterocycles. The first-order valence-corrected chi connectivity index (χ1v) is 10.5. The highest BCUT2D eigenvalue weighted by Crippen LogP contribution is 2.25. The van der Waals surface area contributed by atoms with E-state index in [0.29, 0.717) is 18.7 Å². The quantitative estimate of drug-likeness (QED) is 0.634. The van der Waals surface area contributed by atoms with Crippen LogP contribution < -0.4 is 0 Å². The molecule has 0 bridgehead atoms. The molecule has 29 heavy (non-hydrogen) atoms. The minimum absolute atomic E-state index is 0.00619. The number of furan rings is 1. The lowest BCUT2D eigenvalue weighted by Gasteiger charge is -2.29. The first-order valence-electron chi connectivity index (χ1n) is 9.05. The predicted molar refractivity (Wildman–Crippen MR) is 99.3 cm³/mol. The Balaban J connectivity index is 1.56. The third kappa shape index (κ3) is 4.35. The van der Waals surface area contributed by atoms with Crippen LogP contribution in [-0.2, 0) is 37.9 Å². The van der Waals surface area contributed by atoms with Gasteiger partial charge in [0, 0.05) is 26.3 Å². The molecule has 158 valence electrons. The molecule has 0 saturated carbocycles. The summed E-state index contributed by atoms with van der Waals surface area (Å²) in [5, 5.41) is 0.00619. The van der Waals surface area contributed by atoms with Gasteiger partial charge < -0.3 is 18.5 Å². The van der Waals surface area contributed by atoms with E-state index in [1.54, 1.807) is 18.5 Å². The number of aromatic nitrogens is 2. The molecule has 0 N–H and O–H groups in total. The van der Waals surface area contributed by atoms with Gasteiger partial charge in [0.05, 0.1) is 19.3 Å². The number of piperidine rings is 1. The Kier molecular flexibility index (Phi) is 6.08. The van der Waals surface area contributed by atoms with E-state index in [4.69, 9.17) is 9.15 Å². The van der Waals surface area contributed by atoms with Gasteiger partial charge in [-0.2, -0.15) is 4.31 Å². The molecule has 11 heteroatoms. The van der Waals surface area contributed by atoms with Crippen molar-refractivity contribution in [3.63, 3.8) is 0 Å². The van der Waals surface area contributed by atoms with Crippen molar-refractivity contribution in [3.8, 4) is 0 Å². The van der Waals surface area contributed by atoms with Crippen LogP contribution in [0.3, 0.4) is 0 Å². The van der Waals surface area contributed by atoms with Gasteiger partial charge in [0.1, 0.15) is 18.0 Å². The molecule has 1 saturated heterocycles. The number of aryl methyl sites for hydroxylation is 2. The summed E-state index contributed by atoms with van der Waals surface area (Å²) in [6, 6.07) is 1.44. The van der Waals surface area contributed by atoms with Crippen LogP contribution in [0.25, 0.3) is 0 Å². The summed E-state index contributed by atoms with van der Waals surface area (Å²) in [6.45, 7) is 1.94. The number of carbonyl (C=O) groups excluding carboxylic acids is 2. The van der Waals surface area contributed by atoms with Crippen LogP contribution in [0, 0.1) is 12.8 Å². The van der Waals surface area contributed by atoms with Crippen LogP contribution in [0.15, 0.2) is 28.0 Å². The standard InChI is InChI=1S/C18H23N3O7S/c1-12-19-16(10-20(12)2)29(24,25)21-7-4-13(5-8-21)17(22)28-11-15-14(6-9-27-15)18(23)26-3/h6,9-10,13H,4-5,7-8,11H2,1-3H3. The molecule has 0 amide bonds. The van der Waals surface area contributed by atoms with E-state index in [-0.39, 0.29) is 36.0 Å². The molecule has 1 aliphatic heterocycles. The maximum atomic E-state index is 12.7. The van der Waals surface area contributed by atoms with Gasteiger partial charge in [0.25, 0.3) is 10.0 Å². The smallest absolute Gasteiger partial charge is 0.341 e. The number of esters is 2. The lowest BCUT2D eigenvalue weighted by Crippen LogP contribution is -2.40. The van der Waals surface area contributed by atoms with Gasteiger partial charge in [-0.15, -0.1) is 0 Å². The summed E-state index contributed by atoms with van der Waals surface area (Å²) in [6.07, 6.45) is 3.48. The largest absolute Gasteiger partial charge is 0.465 e. The van der Waals surface area contributed by atoms with Crippen molar-refractivity contribution in [1.29, 1.82) is 0 Å². The van der Waals surface area contributed by atoms with Gasteiger partial charge in [-0.1, -0.05) is 0 Å². The van der Waals surface area contributed by atoms with E-state index >= 15 is 0 Å². The SMILES string of the molecule is COC(=O)c1ccoc1COC(=O)C1CCN(S(=O)(=O)c2cn(C)c(C)n2)CC1. The topological polar surface area (TPSA) is 121 Å². The highest BCUT2D eigenvalue weighted by Gasteiger charge is 2.34. The molecule has 0 aliphatic carbocycles. The molecule has 10 nitrogen and oxygen atoms in total. The van der Waals surface area contributed by atoms with Gasteiger partial charge in [-0.05, 0) is 25.8 Å². The maximum Gasteiger partial charge on any atom is 0.341 e. The molecule has 0 atom stereocenters. The molecular weight excluding hydrogens is 402 g/mol. The summed E-state index contributed by atoms with van der Waals surface area (Å²) in [4.78, 5) is 28.1. The van der Waals surface area contributed by atoms with Gasteiger partial charge in [0.15, 0.2) is 10.8 Å². The van der Waals surface area contributed by atoms with Gasteiger partial charge >= 0.3 is 11.9 Å². The number of hydrogen-bond acceptors (Lipinski definition) is 8. The van der Waals surface area contributed by atoms with Crippen LogP contribution in [0.4, 0.5) is 0 Å². The first-order chi connectivity index (χ1) is 13.7. The second-order valence-corrected chi connectivity index (χ2v) is 8.66. The lowest BCUT2D eigenvalue weighted by atomic mass is 9.98. The number of hydrogen-bond donors (Lipinski definition) is 0. The van der Waals surface area contributed by atoms with Crippen molar-refractivity contribution in [2.75, 3.05) is 20.2 Å². The van der Waals surface area contributed by atoms with Crippen molar-refractivity contribution in [2.24, 2.45) is 13.0 Å². The van der Waals surface area contributed by atoms with E-state index in [2.05, 4.69) is 9.72 Å². The molecule has 0 unspecified atom stereocenters. The number of sulfonamides is 1. The zero-order chi connectivity index (χ0) is 21.2. The zero-order valence-electron chi connectivity index (χ0n) is 16.5. The molecule has 0 radical (unpaired) electrons. The summed E-state index contributed by atoms with van der Waals surface area (Å²) >= 11 is 0. The average molecular weight is 425 g/mol. The molecular formula is C18H23N3O7S. The highest BCUT2D eigenvalue weighted by molar-refractivity contribution is 7.89. The number of rotatable bonds is 6. The summed E-state index contributed by atoms with van der Waals surface area (Å²) < 4.78 is 43.5. The predicted octanol–water partition coefficient (Wildman–Crippen LogP) is 1.25. The minimum atomic E-state index is -3.70. The van der Waals surface area contributed by atoms with Crippen LogP contribution in [-0.4, -0.2) is 54.4 Å². The van der Waals surface area contributed by atoms with Gasteiger partial charge in [-0.25, -0.2) is 18.2 Å². The number of carbonyl (C=O) groups is 2. The first kappa shape index (κ1) is 21.1. The normalized spacial score (nSPS) is 16.0. The molecule has 1 fully saturated rings. The Labute approximate surface area is 168 Å². The third-order valence-electron chi connectivity index (χ3n) is 4.97. The number of ether oxygens (including phenoxy) is 2. The molecule has 3 rings (SSSR count). The molecule has 0 aromatic carbocycles. The van der Waals surface area contributed by atoms with Gasteiger partial charge in [0.2, 0.25) is 0 Å². The highest BCUT2D eigenvalue weighted by atomic mass is 32.2. The fourth-order valence-corrected chi connectivity index (χ4v) is 4.61. The Morgan fingerprint density at radius 1 is 1.31 bits per heavy atom. The van der Waals surface area contributed by atoms with Crippen molar-refractivity contribution < 1.29 is 31.9 Å². The number of imidazole rings is 1. The Morgan fingerprint density at radius 2 is 2.00 bits per heavy atom. The zero-order valence-corrected chi connectivity index (χ0v) is 17.3. The molecule has 1 aliphatic rings. The summed E-state index contributed by atoms with van der Waals surface area (Å²) in [5.41, 5.74) is 0.201. The molecule has 0 spiro atoms. The van der Waals surface area contributed by atoms with Crippen molar-refractivity contribution in [1.82, 2.24) is 13.9 Å². The Morgan fingerprint density at radius 3 is 2.59 bits per heavy atom. The second kappa shape index (κ2) is 8.37. The van der Waals surface area contributed by atoms with E-state index in [9.17, 15) is 18.0 Å². The Hall–Kier alpha value is -2.66.